The van der Waals surface area contributed by atoms with Crippen LogP contribution in [0.25, 0.3) is 0 Å². The lowest BCUT2D eigenvalue weighted by atomic mass is 10.0. The highest BCUT2D eigenvalue weighted by Crippen LogP contribution is 2.33. The molecule has 3 aromatic rings. The second kappa shape index (κ2) is 7.43. The number of nitrogens with zero attached hydrogens (tertiary/aromatic N) is 2. The van der Waals surface area contributed by atoms with Crippen LogP contribution in [0, 0.1) is 18.6 Å². The first-order valence-corrected chi connectivity index (χ1v) is 8.96. The van der Waals surface area contributed by atoms with E-state index in [2.05, 4.69) is 15.7 Å². The zero-order valence-electron chi connectivity index (χ0n) is 15.7. The van der Waals surface area contributed by atoms with E-state index in [9.17, 15) is 23.5 Å². The van der Waals surface area contributed by atoms with Crippen LogP contribution in [0.5, 0.6) is 0 Å². The Balaban J connectivity index is 1.76. The molecule has 0 fully saturated rings. The Morgan fingerprint density at radius 1 is 1.20 bits per heavy atom. The first kappa shape index (κ1) is 19.3. The fourth-order valence-corrected chi connectivity index (χ4v) is 3.25. The summed E-state index contributed by atoms with van der Waals surface area (Å²) in [5.74, 6) is -3.32. The molecule has 9 heteroatoms. The molecule has 0 saturated heterocycles. The van der Waals surface area contributed by atoms with E-state index in [4.69, 9.17) is 0 Å². The van der Waals surface area contributed by atoms with Gasteiger partial charge in [-0.2, -0.15) is 5.10 Å². The van der Waals surface area contributed by atoms with Crippen LogP contribution in [-0.2, 0) is 4.79 Å². The summed E-state index contributed by atoms with van der Waals surface area (Å²) in [7, 11) is 0. The zero-order chi connectivity index (χ0) is 21.4. The fraction of sp³-hybridized carbons (Fsp3) is 0.0952. The predicted octanol–water partition coefficient (Wildman–Crippen LogP) is 3.71. The van der Waals surface area contributed by atoms with Crippen molar-refractivity contribution in [3.05, 3.63) is 88.8 Å². The maximum atomic E-state index is 14.4. The molecule has 1 atom stereocenters. The molecule has 0 spiro atoms. The number of halogens is 2. The number of nitrogens with one attached hydrogen (secondary N) is 2. The number of fused-ring (bicyclic) bond motifs is 1. The van der Waals surface area contributed by atoms with Crippen molar-refractivity contribution in [1.29, 1.82) is 0 Å². The standard InChI is InChI=1S/C21H16F2N4O3/c1-11-4-2-3-5-16(11)26-20(28)14-10-24-27-18(9-17(21(29)30)25-19(14)27)13-7-6-12(22)8-15(13)23/h2-10,18,25H,1H3,(H,26,28)(H,29,30). The number of hydrogen-bond donors (Lipinski definition) is 3. The Kier molecular flexibility index (Phi) is 4.78. The predicted molar refractivity (Wildman–Crippen MR) is 105 cm³/mol. The van der Waals surface area contributed by atoms with Crippen molar-refractivity contribution in [3.63, 3.8) is 0 Å². The van der Waals surface area contributed by atoms with E-state index in [1.165, 1.54) is 23.0 Å². The van der Waals surface area contributed by atoms with Gasteiger partial charge in [0, 0.05) is 17.3 Å². The van der Waals surface area contributed by atoms with Crippen LogP contribution in [0.2, 0.25) is 0 Å². The van der Waals surface area contributed by atoms with E-state index in [-0.39, 0.29) is 22.6 Å². The molecule has 0 bridgehead atoms. The van der Waals surface area contributed by atoms with Gasteiger partial charge in [-0.05, 0) is 30.7 Å². The third kappa shape index (κ3) is 3.41. The smallest absolute Gasteiger partial charge is 0.352 e. The van der Waals surface area contributed by atoms with Crippen molar-refractivity contribution in [2.24, 2.45) is 0 Å². The molecule has 1 amide bonds. The number of benzene rings is 2. The Labute approximate surface area is 169 Å². The Morgan fingerprint density at radius 2 is 1.97 bits per heavy atom. The molecule has 0 aliphatic carbocycles. The van der Waals surface area contributed by atoms with Gasteiger partial charge in [0.25, 0.3) is 5.91 Å². The van der Waals surface area contributed by atoms with Gasteiger partial charge < -0.3 is 15.7 Å². The van der Waals surface area contributed by atoms with Crippen LogP contribution in [0.1, 0.15) is 27.5 Å². The molecule has 0 radical (unpaired) electrons. The van der Waals surface area contributed by atoms with Crippen LogP contribution < -0.4 is 10.6 Å². The average Bonchev–Trinajstić information content (AvgIpc) is 3.13. The number of anilines is 2. The van der Waals surface area contributed by atoms with Gasteiger partial charge in [0.05, 0.1) is 6.20 Å². The van der Waals surface area contributed by atoms with E-state index in [0.29, 0.717) is 11.8 Å². The summed E-state index contributed by atoms with van der Waals surface area (Å²) in [4.78, 5) is 24.4. The molecule has 2 heterocycles. The van der Waals surface area contributed by atoms with Crippen molar-refractivity contribution < 1.29 is 23.5 Å². The van der Waals surface area contributed by atoms with Gasteiger partial charge in [0.2, 0.25) is 0 Å². The molecule has 30 heavy (non-hydrogen) atoms. The van der Waals surface area contributed by atoms with Gasteiger partial charge in [-0.1, -0.05) is 24.3 Å². The fourth-order valence-electron chi connectivity index (χ4n) is 3.25. The highest BCUT2D eigenvalue weighted by Gasteiger charge is 2.31. The van der Waals surface area contributed by atoms with Crippen LogP contribution in [-0.4, -0.2) is 26.8 Å². The SMILES string of the molecule is Cc1ccccc1NC(=O)c1cnn2c1NC(C(=O)O)=CC2c1ccc(F)cc1F. The lowest BCUT2D eigenvalue weighted by molar-refractivity contribution is -0.132. The van der Waals surface area contributed by atoms with Crippen LogP contribution in [0.15, 0.2) is 60.4 Å². The monoisotopic (exact) mass is 410 g/mol. The number of carbonyl (C=O) groups is 2. The van der Waals surface area contributed by atoms with Crippen molar-refractivity contribution in [2.75, 3.05) is 10.6 Å². The molecule has 1 aliphatic heterocycles. The van der Waals surface area contributed by atoms with E-state index in [0.717, 1.165) is 11.6 Å². The molecule has 2 aromatic carbocycles. The number of aromatic nitrogens is 2. The molecule has 4 rings (SSSR count). The summed E-state index contributed by atoms with van der Waals surface area (Å²) >= 11 is 0. The normalized spacial score (nSPS) is 15.0. The number of aryl methyl sites for hydroxylation is 1. The minimum absolute atomic E-state index is 0.0202. The van der Waals surface area contributed by atoms with Gasteiger partial charge >= 0.3 is 5.97 Å². The van der Waals surface area contributed by atoms with Crippen LogP contribution in [0.4, 0.5) is 20.3 Å². The molecule has 1 aromatic heterocycles. The number of carboxylic acids is 1. The van der Waals surface area contributed by atoms with E-state index in [1.54, 1.807) is 12.1 Å². The van der Waals surface area contributed by atoms with Crippen molar-refractivity contribution in [2.45, 2.75) is 13.0 Å². The van der Waals surface area contributed by atoms with Gasteiger partial charge in [0.1, 0.15) is 34.8 Å². The molecule has 152 valence electrons. The number of aliphatic carboxylic acids is 1. The maximum absolute atomic E-state index is 14.4. The van der Waals surface area contributed by atoms with Crippen molar-refractivity contribution in [1.82, 2.24) is 9.78 Å². The number of carbonyl (C=O) groups excluding carboxylic acids is 1. The van der Waals surface area contributed by atoms with Crippen LogP contribution in [0.3, 0.4) is 0 Å². The lowest BCUT2D eigenvalue weighted by Crippen LogP contribution is -2.26. The lowest BCUT2D eigenvalue weighted by Gasteiger charge is -2.24. The molecule has 3 N–H and O–H groups in total. The molecular formula is C21H16F2N4O3. The third-order valence-electron chi connectivity index (χ3n) is 4.79. The number of para-hydroxylation sites is 1. The zero-order valence-corrected chi connectivity index (χ0v) is 15.7. The molecule has 7 nitrogen and oxygen atoms in total. The first-order valence-electron chi connectivity index (χ1n) is 8.96. The number of amides is 1. The summed E-state index contributed by atoms with van der Waals surface area (Å²) in [6.07, 6.45) is 2.52. The van der Waals surface area contributed by atoms with Crippen LogP contribution >= 0.6 is 0 Å². The van der Waals surface area contributed by atoms with Gasteiger partial charge in [-0.25, -0.2) is 18.3 Å². The number of rotatable bonds is 4. The Bertz CT molecular complexity index is 1200. The van der Waals surface area contributed by atoms with E-state index < -0.39 is 29.6 Å². The molecule has 1 unspecified atom stereocenters. The molecule has 0 saturated carbocycles. The first-order chi connectivity index (χ1) is 14.3. The highest BCUT2D eigenvalue weighted by atomic mass is 19.1. The minimum atomic E-state index is -1.29. The molecule has 1 aliphatic rings. The summed E-state index contributed by atoms with van der Waals surface area (Å²) in [6, 6.07) is 9.19. The highest BCUT2D eigenvalue weighted by molar-refractivity contribution is 6.08. The summed E-state index contributed by atoms with van der Waals surface area (Å²) in [5.41, 5.74) is 1.29. The van der Waals surface area contributed by atoms with Gasteiger partial charge in [0.15, 0.2) is 0 Å². The van der Waals surface area contributed by atoms with Gasteiger partial charge in [-0.15, -0.1) is 0 Å². The number of carboxylic acid groups (broad SMARTS) is 1. The minimum Gasteiger partial charge on any atom is -0.477 e. The second-order valence-electron chi connectivity index (χ2n) is 6.74. The summed E-state index contributed by atoms with van der Waals surface area (Å²) < 4.78 is 29.0. The second-order valence-corrected chi connectivity index (χ2v) is 6.74. The topological polar surface area (TPSA) is 96.3 Å². The number of hydrogen-bond acceptors (Lipinski definition) is 4. The third-order valence-corrected chi connectivity index (χ3v) is 4.79. The summed E-state index contributed by atoms with van der Waals surface area (Å²) in [6.45, 7) is 1.83. The average molecular weight is 410 g/mol. The number of allylic oxidation sites excluding steroid dienone is 1. The Morgan fingerprint density at radius 3 is 2.67 bits per heavy atom. The van der Waals surface area contributed by atoms with Crippen molar-refractivity contribution >= 4 is 23.4 Å². The van der Waals surface area contributed by atoms with Crippen molar-refractivity contribution in [3.8, 4) is 0 Å². The van der Waals surface area contributed by atoms with E-state index in [1.807, 2.05) is 19.1 Å². The quantitative estimate of drug-likeness (QED) is 0.610. The maximum Gasteiger partial charge on any atom is 0.352 e. The Hall–Kier alpha value is -4.01. The van der Waals surface area contributed by atoms with E-state index >= 15 is 0 Å². The summed E-state index contributed by atoms with van der Waals surface area (Å²) in [5, 5.41) is 19.0. The largest absolute Gasteiger partial charge is 0.477 e. The van der Waals surface area contributed by atoms with Gasteiger partial charge in [-0.3, -0.25) is 4.79 Å². The molecular weight excluding hydrogens is 394 g/mol.